The van der Waals surface area contributed by atoms with Gasteiger partial charge >= 0.3 is 0 Å². The second-order valence-electron chi connectivity index (χ2n) is 7.79. The third kappa shape index (κ3) is 3.71. The van der Waals surface area contributed by atoms with Crippen molar-refractivity contribution in [1.82, 2.24) is 24.8 Å². The van der Waals surface area contributed by atoms with Gasteiger partial charge in [0, 0.05) is 47.7 Å². The van der Waals surface area contributed by atoms with Gasteiger partial charge in [-0.3, -0.25) is 19.1 Å². The van der Waals surface area contributed by atoms with Gasteiger partial charge in [-0.15, -0.1) is 0 Å². The maximum Gasteiger partial charge on any atom is 0.293 e. The number of para-hydroxylation sites is 1. The zero-order chi connectivity index (χ0) is 22.1. The number of carbonyl (C=O) groups is 1. The van der Waals surface area contributed by atoms with Crippen molar-refractivity contribution in [3.8, 4) is 0 Å². The third-order valence-electron chi connectivity index (χ3n) is 5.64. The van der Waals surface area contributed by atoms with Crippen LogP contribution in [0.15, 0.2) is 65.7 Å². The standard InChI is InChI=1S/C24H22N6O2/c1-15-13-27-23(26-12-10-17-6-2-3-11-25-17)24(32)30(15)14-20(31)29-22-18-7-4-5-16-8-9-19(22)28-21(16)18/h2-9,11,13,22H,10,12,14H2,1H3,(H,26,27)(H,29,31). The smallest absolute Gasteiger partial charge is 0.293 e. The van der Waals surface area contributed by atoms with Gasteiger partial charge in [0.05, 0.1) is 17.3 Å². The van der Waals surface area contributed by atoms with E-state index in [1.165, 1.54) is 4.57 Å². The predicted molar refractivity (Wildman–Crippen MR) is 121 cm³/mol. The zero-order valence-corrected chi connectivity index (χ0v) is 17.6. The summed E-state index contributed by atoms with van der Waals surface area (Å²) in [5.41, 5.74) is 3.91. The van der Waals surface area contributed by atoms with Crippen molar-refractivity contribution in [1.29, 1.82) is 0 Å². The van der Waals surface area contributed by atoms with Gasteiger partial charge in [-0.1, -0.05) is 30.3 Å². The van der Waals surface area contributed by atoms with Crippen LogP contribution in [0.1, 0.15) is 28.7 Å². The van der Waals surface area contributed by atoms with Crippen LogP contribution in [0.4, 0.5) is 5.82 Å². The first-order valence-corrected chi connectivity index (χ1v) is 10.5. The van der Waals surface area contributed by atoms with E-state index in [1.54, 1.807) is 19.3 Å². The normalized spacial score (nSPS) is 14.1. The van der Waals surface area contributed by atoms with E-state index in [0.717, 1.165) is 27.9 Å². The Labute approximate surface area is 184 Å². The lowest BCUT2D eigenvalue weighted by Crippen LogP contribution is -2.36. The summed E-state index contributed by atoms with van der Waals surface area (Å²) in [7, 11) is 0. The van der Waals surface area contributed by atoms with E-state index in [-0.39, 0.29) is 29.9 Å². The van der Waals surface area contributed by atoms with E-state index in [1.807, 2.05) is 48.5 Å². The Kier molecular flexibility index (Phi) is 5.10. The number of pyridine rings is 2. The molecule has 0 saturated heterocycles. The topological polar surface area (TPSA) is 102 Å². The number of nitrogens with zero attached hydrogens (tertiary/aromatic N) is 4. The highest BCUT2D eigenvalue weighted by Gasteiger charge is 2.26. The molecule has 32 heavy (non-hydrogen) atoms. The number of aromatic nitrogens is 4. The maximum atomic E-state index is 12.9. The molecule has 1 amide bonds. The highest BCUT2D eigenvalue weighted by atomic mass is 16.2. The number of rotatable bonds is 7. The second-order valence-corrected chi connectivity index (χ2v) is 7.79. The summed E-state index contributed by atoms with van der Waals surface area (Å²) in [6.07, 6.45) is 4.00. The Morgan fingerprint density at radius 2 is 2.00 bits per heavy atom. The lowest BCUT2D eigenvalue weighted by atomic mass is 10.1. The molecule has 8 heteroatoms. The summed E-state index contributed by atoms with van der Waals surface area (Å²) < 4.78 is 1.43. The van der Waals surface area contributed by atoms with Crippen molar-refractivity contribution in [2.45, 2.75) is 25.9 Å². The van der Waals surface area contributed by atoms with E-state index < -0.39 is 0 Å². The molecule has 2 N–H and O–H groups in total. The quantitative estimate of drug-likeness (QED) is 0.470. The largest absolute Gasteiger partial charge is 0.365 e. The molecule has 0 aliphatic carbocycles. The van der Waals surface area contributed by atoms with Gasteiger partial charge in [0.15, 0.2) is 5.82 Å². The molecule has 0 spiro atoms. The number of nitrogens with one attached hydrogen (secondary N) is 2. The van der Waals surface area contributed by atoms with Gasteiger partial charge in [0.2, 0.25) is 5.91 Å². The monoisotopic (exact) mass is 426 g/mol. The molecule has 0 saturated carbocycles. The molecule has 0 radical (unpaired) electrons. The van der Waals surface area contributed by atoms with Gasteiger partial charge in [-0.25, -0.2) is 9.97 Å². The summed E-state index contributed by atoms with van der Waals surface area (Å²) in [5, 5.41) is 7.14. The minimum absolute atomic E-state index is 0.0926. The number of anilines is 1. The van der Waals surface area contributed by atoms with Crippen LogP contribution in [0.2, 0.25) is 0 Å². The molecule has 1 atom stereocenters. The molecular weight excluding hydrogens is 404 g/mol. The Hall–Kier alpha value is -4.07. The minimum Gasteiger partial charge on any atom is -0.365 e. The molecule has 3 aromatic heterocycles. The number of carbonyl (C=O) groups excluding carboxylic acids is 1. The van der Waals surface area contributed by atoms with Crippen LogP contribution in [0.5, 0.6) is 0 Å². The highest BCUT2D eigenvalue weighted by molar-refractivity contribution is 5.87. The average Bonchev–Trinajstić information content (AvgIpc) is 3.13. The molecule has 2 bridgehead atoms. The molecule has 4 aromatic rings. The number of fused-ring (bicyclic) bond motifs is 1. The molecule has 1 aliphatic rings. The number of hydrogen-bond acceptors (Lipinski definition) is 6. The molecule has 5 rings (SSSR count). The Morgan fingerprint density at radius 1 is 1.09 bits per heavy atom. The van der Waals surface area contributed by atoms with Gasteiger partial charge in [0.1, 0.15) is 6.54 Å². The molecule has 1 aromatic carbocycles. The Morgan fingerprint density at radius 3 is 2.84 bits per heavy atom. The van der Waals surface area contributed by atoms with E-state index in [4.69, 9.17) is 0 Å². The average molecular weight is 426 g/mol. The van der Waals surface area contributed by atoms with Crippen LogP contribution >= 0.6 is 0 Å². The Balaban J connectivity index is 1.28. The lowest BCUT2D eigenvalue weighted by molar-refractivity contribution is -0.122. The minimum atomic E-state index is -0.326. The molecule has 1 unspecified atom stereocenters. The maximum absolute atomic E-state index is 12.9. The van der Waals surface area contributed by atoms with E-state index in [0.29, 0.717) is 18.7 Å². The van der Waals surface area contributed by atoms with Crippen molar-refractivity contribution >= 4 is 22.6 Å². The predicted octanol–water partition coefficient (Wildman–Crippen LogP) is 2.37. The summed E-state index contributed by atoms with van der Waals surface area (Å²) in [4.78, 5) is 38.9. The van der Waals surface area contributed by atoms with Gasteiger partial charge < -0.3 is 10.6 Å². The molecule has 8 nitrogen and oxygen atoms in total. The van der Waals surface area contributed by atoms with E-state index in [9.17, 15) is 9.59 Å². The van der Waals surface area contributed by atoms with E-state index in [2.05, 4.69) is 25.6 Å². The van der Waals surface area contributed by atoms with Crippen LogP contribution in [0, 0.1) is 6.92 Å². The lowest BCUT2D eigenvalue weighted by Gasteiger charge is -2.16. The van der Waals surface area contributed by atoms with Crippen LogP contribution in [0.25, 0.3) is 10.9 Å². The SMILES string of the molecule is Cc1cnc(NCCc2ccccn2)c(=O)n1CC(=O)NC1c2ccc3cccc1c3n2. The van der Waals surface area contributed by atoms with Gasteiger partial charge in [-0.05, 0) is 25.1 Å². The fourth-order valence-electron chi connectivity index (χ4n) is 3.98. The molecule has 0 fully saturated rings. The van der Waals surface area contributed by atoms with Crippen LogP contribution in [0.3, 0.4) is 0 Å². The number of hydrogen-bond donors (Lipinski definition) is 2. The van der Waals surface area contributed by atoms with Crippen molar-refractivity contribution in [3.63, 3.8) is 0 Å². The van der Waals surface area contributed by atoms with Gasteiger partial charge in [-0.2, -0.15) is 0 Å². The molecular formula is C24H22N6O2. The second kappa shape index (κ2) is 8.22. The first kappa shape index (κ1) is 19.9. The van der Waals surface area contributed by atoms with Crippen LogP contribution in [-0.4, -0.2) is 32.0 Å². The zero-order valence-electron chi connectivity index (χ0n) is 17.6. The summed E-state index contributed by atoms with van der Waals surface area (Å²) in [5.74, 6) is -0.0367. The summed E-state index contributed by atoms with van der Waals surface area (Å²) in [6, 6.07) is 15.3. The summed E-state index contributed by atoms with van der Waals surface area (Å²) in [6.45, 7) is 2.19. The van der Waals surface area contributed by atoms with Crippen LogP contribution in [-0.2, 0) is 17.8 Å². The fourth-order valence-corrected chi connectivity index (χ4v) is 3.98. The van der Waals surface area contributed by atoms with E-state index >= 15 is 0 Å². The number of amides is 1. The van der Waals surface area contributed by atoms with Crippen molar-refractivity contribution in [3.05, 3.63) is 93.9 Å². The van der Waals surface area contributed by atoms with Crippen molar-refractivity contribution < 1.29 is 4.79 Å². The number of aryl methyl sites for hydroxylation is 1. The first-order valence-electron chi connectivity index (χ1n) is 10.5. The molecule has 1 aliphatic heterocycles. The fraction of sp³-hybridized carbons (Fsp3) is 0.208. The first-order chi connectivity index (χ1) is 15.6. The summed E-state index contributed by atoms with van der Waals surface area (Å²) >= 11 is 0. The van der Waals surface area contributed by atoms with Crippen molar-refractivity contribution in [2.24, 2.45) is 0 Å². The molecule has 160 valence electrons. The third-order valence-corrected chi connectivity index (χ3v) is 5.64. The van der Waals surface area contributed by atoms with Crippen molar-refractivity contribution in [2.75, 3.05) is 11.9 Å². The molecule has 4 heterocycles. The Bertz CT molecular complexity index is 1370. The number of benzene rings is 1. The highest BCUT2D eigenvalue weighted by Crippen LogP contribution is 2.33. The van der Waals surface area contributed by atoms with Crippen LogP contribution < -0.4 is 16.2 Å². The van der Waals surface area contributed by atoms with Gasteiger partial charge in [0.25, 0.3) is 5.56 Å².